The van der Waals surface area contributed by atoms with Crippen LogP contribution in [0.1, 0.15) is 31.0 Å². The normalized spacial score (nSPS) is 11.3. The lowest BCUT2D eigenvalue weighted by Gasteiger charge is -2.20. The molecule has 0 amide bonds. The highest BCUT2D eigenvalue weighted by molar-refractivity contribution is 5.15. The Morgan fingerprint density at radius 1 is 1.44 bits per heavy atom. The molecule has 1 heterocycles. The Morgan fingerprint density at radius 3 is 2.69 bits per heavy atom. The van der Waals surface area contributed by atoms with Gasteiger partial charge in [-0.2, -0.15) is 5.10 Å². The zero-order chi connectivity index (χ0) is 12.0. The molecule has 0 radical (unpaired) electrons. The van der Waals surface area contributed by atoms with E-state index in [0.29, 0.717) is 0 Å². The second-order valence-electron chi connectivity index (χ2n) is 4.23. The van der Waals surface area contributed by atoms with Crippen LogP contribution in [-0.2, 0) is 13.6 Å². The van der Waals surface area contributed by atoms with Gasteiger partial charge in [-0.15, -0.1) is 0 Å². The molecule has 1 aromatic rings. The lowest BCUT2D eigenvalue weighted by molar-refractivity contribution is 0.188. The summed E-state index contributed by atoms with van der Waals surface area (Å²) in [6.07, 6.45) is 4.29. The number of unbranched alkanes of at least 4 members (excludes halogenated alkanes) is 1. The quantitative estimate of drug-likeness (QED) is 0.761. The number of aryl methyl sites for hydroxylation is 1. The zero-order valence-corrected chi connectivity index (χ0v) is 10.6. The molecule has 0 saturated heterocycles. The summed E-state index contributed by atoms with van der Waals surface area (Å²) >= 11 is 0. The first-order chi connectivity index (χ1) is 7.69. The summed E-state index contributed by atoms with van der Waals surface area (Å²) in [6.45, 7) is 7.18. The predicted molar refractivity (Wildman–Crippen MR) is 65.2 cm³/mol. The molecular formula is C12H23N3O. The third kappa shape index (κ3) is 3.61. The van der Waals surface area contributed by atoms with Gasteiger partial charge in [0.25, 0.3) is 0 Å². The van der Waals surface area contributed by atoms with Crippen molar-refractivity contribution in [3.63, 3.8) is 0 Å². The Balaban J connectivity index is 2.56. The number of hydrogen-bond acceptors (Lipinski definition) is 3. The third-order valence-corrected chi connectivity index (χ3v) is 2.97. The van der Waals surface area contributed by atoms with Crippen LogP contribution < -0.4 is 0 Å². The molecule has 0 saturated carbocycles. The van der Waals surface area contributed by atoms with Gasteiger partial charge in [-0.05, 0) is 19.9 Å². The first-order valence-electron chi connectivity index (χ1n) is 5.99. The molecule has 0 atom stereocenters. The molecule has 1 rings (SSSR count). The van der Waals surface area contributed by atoms with Crippen LogP contribution >= 0.6 is 0 Å². The maximum atomic E-state index is 9.03. The Morgan fingerprint density at radius 2 is 2.19 bits per heavy atom. The number of aliphatic hydroxyl groups is 1. The van der Waals surface area contributed by atoms with Crippen LogP contribution in [0.25, 0.3) is 0 Å². The lowest BCUT2D eigenvalue weighted by atomic mass is 10.2. The van der Waals surface area contributed by atoms with E-state index in [0.717, 1.165) is 19.6 Å². The standard InChI is InChI=1S/C12H23N3O/c1-4-5-6-15(7-8-16)10-12-9-13-14(3)11(12)2/h9,16H,4-8,10H2,1-3H3. The van der Waals surface area contributed by atoms with E-state index in [2.05, 4.69) is 23.8 Å². The van der Waals surface area contributed by atoms with Crippen LogP contribution in [-0.4, -0.2) is 39.5 Å². The molecule has 0 spiro atoms. The van der Waals surface area contributed by atoms with Crippen molar-refractivity contribution >= 4 is 0 Å². The maximum absolute atomic E-state index is 9.03. The summed E-state index contributed by atoms with van der Waals surface area (Å²) in [5.74, 6) is 0. The van der Waals surface area contributed by atoms with E-state index in [4.69, 9.17) is 5.11 Å². The fraction of sp³-hybridized carbons (Fsp3) is 0.750. The van der Waals surface area contributed by atoms with Crippen molar-refractivity contribution in [3.8, 4) is 0 Å². The molecule has 0 aliphatic rings. The Bertz CT molecular complexity index is 309. The highest BCUT2D eigenvalue weighted by Gasteiger charge is 2.09. The van der Waals surface area contributed by atoms with Gasteiger partial charge in [0.05, 0.1) is 12.8 Å². The molecule has 1 N–H and O–H groups in total. The van der Waals surface area contributed by atoms with Crippen molar-refractivity contribution in [2.45, 2.75) is 33.2 Å². The van der Waals surface area contributed by atoms with Crippen molar-refractivity contribution in [2.24, 2.45) is 7.05 Å². The number of nitrogens with zero attached hydrogens (tertiary/aromatic N) is 3. The topological polar surface area (TPSA) is 41.3 Å². The van der Waals surface area contributed by atoms with E-state index in [1.165, 1.54) is 24.1 Å². The van der Waals surface area contributed by atoms with Gasteiger partial charge >= 0.3 is 0 Å². The van der Waals surface area contributed by atoms with Gasteiger partial charge in [0.1, 0.15) is 0 Å². The minimum Gasteiger partial charge on any atom is -0.395 e. The smallest absolute Gasteiger partial charge is 0.0558 e. The van der Waals surface area contributed by atoms with Crippen LogP contribution in [0.2, 0.25) is 0 Å². The minimum atomic E-state index is 0.225. The first kappa shape index (κ1) is 13.2. The van der Waals surface area contributed by atoms with Crippen molar-refractivity contribution < 1.29 is 5.11 Å². The molecule has 92 valence electrons. The number of aromatic nitrogens is 2. The fourth-order valence-corrected chi connectivity index (χ4v) is 1.73. The molecule has 16 heavy (non-hydrogen) atoms. The predicted octanol–water partition coefficient (Wildman–Crippen LogP) is 1.32. The molecule has 1 aromatic heterocycles. The van der Waals surface area contributed by atoms with Gasteiger partial charge in [-0.25, -0.2) is 0 Å². The molecule has 4 heteroatoms. The molecule has 0 bridgehead atoms. The second-order valence-corrected chi connectivity index (χ2v) is 4.23. The van der Waals surface area contributed by atoms with Gasteiger partial charge in [-0.1, -0.05) is 13.3 Å². The van der Waals surface area contributed by atoms with E-state index in [1.807, 2.05) is 17.9 Å². The second kappa shape index (κ2) is 6.66. The summed E-state index contributed by atoms with van der Waals surface area (Å²) in [5, 5.41) is 13.3. The van der Waals surface area contributed by atoms with Gasteiger partial charge < -0.3 is 5.11 Å². The van der Waals surface area contributed by atoms with Crippen molar-refractivity contribution in [1.29, 1.82) is 0 Å². The maximum Gasteiger partial charge on any atom is 0.0558 e. The molecule has 0 fully saturated rings. The molecule has 0 aliphatic carbocycles. The van der Waals surface area contributed by atoms with Crippen LogP contribution in [0.3, 0.4) is 0 Å². The minimum absolute atomic E-state index is 0.225. The largest absolute Gasteiger partial charge is 0.395 e. The summed E-state index contributed by atoms with van der Waals surface area (Å²) in [5.41, 5.74) is 2.46. The Hall–Kier alpha value is -0.870. The van der Waals surface area contributed by atoms with Crippen molar-refractivity contribution in [3.05, 3.63) is 17.5 Å². The fourth-order valence-electron chi connectivity index (χ4n) is 1.73. The van der Waals surface area contributed by atoms with E-state index in [9.17, 15) is 0 Å². The molecule has 0 aromatic carbocycles. The van der Waals surface area contributed by atoms with E-state index in [-0.39, 0.29) is 6.61 Å². The number of hydrogen-bond donors (Lipinski definition) is 1. The molecule has 0 aliphatic heterocycles. The van der Waals surface area contributed by atoms with E-state index >= 15 is 0 Å². The SMILES string of the molecule is CCCCN(CCO)Cc1cnn(C)c1C. The van der Waals surface area contributed by atoms with Gasteiger partial charge in [0, 0.05) is 31.4 Å². The number of aliphatic hydroxyl groups excluding tert-OH is 1. The van der Waals surface area contributed by atoms with Crippen LogP contribution in [0.5, 0.6) is 0 Å². The van der Waals surface area contributed by atoms with Gasteiger partial charge in [-0.3, -0.25) is 9.58 Å². The average Bonchev–Trinajstić information content (AvgIpc) is 2.58. The highest BCUT2D eigenvalue weighted by atomic mass is 16.3. The Kier molecular flexibility index (Phi) is 5.49. The molecular weight excluding hydrogens is 202 g/mol. The van der Waals surface area contributed by atoms with Gasteiger partial charge in [0.2, 0.25) is 0 Å². The van der Waals surface area contributed by atoms with Crippen LogP contribution in [0.4, 0.5) is 0 Å². The van der Waals surface area contributed by atoms with Crippen molar-refractivity contribution in [1.82, 2.24) is 14.7 Å². The summed E-state index contributed by atoms with van der Waals surface area (Å²) in [6, 6.07) is 0. The van der Waals surface area contributed by atoms with E-state index < -0.39 is 0 Å². The summed E-state index contributed by atoms with van der Waals surface area (Å²) in [7, 11) is 1.96. The first-order valence-corrected chi connectivity index (χ1v) is 5.99. The van der Waals surface area contributed by atoms with Crippen LogP contribution in [0.15, 0.2) is 6.20 Å². The molecule has 4 nitrogen and oxygen atoms in total. The summed E-state index contributed by atoms with van der Waals surface area (Å²) < 4.78 is 1.90. The van der Waals surface area contributed by atoms with Crippen LogP contribution in [0, 0.1) is 6.92 Å². The molecule has 0 unspecified atom stereocenters. The summed E-state index contributed by atoms with van der Waals surface area (Å²) in [4.78, 5) is 2.29. The third-order valence-electron chi connectivity index (χ3n) is 2.97. The Labute approximate surface area is 97.9 Å². The monoisotopic (exact) mass is 225 g/mol. The van der Waals surface area contributed by atoms with Gasteiger partial charge in [0.15, 0.2) is 0 Å². The van der Waals surface area contributed by atoms with E-state index in [1.54, 1.807) is 0 Å². The van der Waals surface area contributed by atoms with Crippen molar-refractivity contribution in [2.75, 3.05) is 19.7 Å². The zero-order valence-electron chi connectivity index (χ0n) is 10.6. The average molecular weight is 225 g/mol. The number of rotatable bonds is 7. The highest BCUT2D eigenvalue weighted by Crippen LogP contribution is 2.09. The lowest BCUT2D eigenvalue weighted by Crippen LogP contribution is -2.27.